The molecule has 0 saturated carbocycles. The lowest BCUT2D eigenvalue weighted by atomic mass is 10.3. The number of aromatic nitrogens is 1. The zero-order valence-electron chi connectivity index (χ0n) is 7.03. The van der Waals surface area contributed by atoms with Crippen LogP contribution in [0.3, 0.4) is 0 Å². The Hall–Kier alpha value is -1.63. The van der Waals surface area contributed by atoms with Gasteiger partial charge in [-0.1, -0.05) is 0 Å². The minimum absolute atomic E-state index is 0.459. The van der Waals surface area contributed by atoms with Crippen LogP contribution in [0.1, 0.15) is 12.8 Å². The van der Waals surface area contributed by atoms with Gasteiger partial charge in [0.1, 0.15) is 5.75 Å². The largest absolute Gasteiger partial charge is 0.492 e. The summed E-state index contributed by atoms with van der Waals surface area (Å²) in [5.74, 6) is 0.00344. The third kappa shape index (κ3) is 3.52. The van der Waals surface area contributed by atoms with Gasteiger partial charge in [0, 0.05) is 6.42 Å². The highest BCUT2D eigenvalue weighted by molar-refractivity contribution is 5.15. The fraction of sp³-hybridized carbons (Fsp3) is 0.333. The second-order valence-corrected chi connectivity index (χ2v) is 2.43. The molecule has 1 rings (SSSR count). The number of nitrogens with zero attached hydrogens (tertiary/aromatic N) is 2. The Bertz CT molecular complexity index is 291. The summed E-state index contributed by atoms with van der Waals surface area (Å²) in [5.41, 5.74) is 0. The van der Waals surface area contributed by atoms with Crippen LogP contribution >= 0.6 is 0 Å². The molecule has 0 saturated heterocycles. The minimum atomic E-state index is -0.524. The zero-order chi connectivity index (χ0) is 9.52. The van der Waals surface area contributed by atoms with E-state index in [9.17, 15) is 4.39 Å². The number of hydrogen-bond donors (Lipinski definition) is 0. The van der Waals surface area contributed by atoms with E-state index in [1.165, 1.54) is 18.3 Å². The van der Waals surface area contributed by atoms with Crippen LogP contribution in [0.5, 0.6) is 5.75 Å². The molecule has 68 valence electrons. The summed E-state index contributed by atoms with van der Waals surface area (Å²) in [6.45, 7) is 0.459. The third-order valence-electron chi connectivity index (χ3n) is 1.40. The van der Waals surface area contributed by atoms with Gasteiger partial charge in [0.25, 0.3) is 0 Å². The van der Waals surface area contributed by atoms with Gasteiger partial charge in [-0.15, -0.1) is 0 Å². The Balaban J connectivity index is 2.30. The summed E-state index contributed by atoms with van der Waals surface area (Å²) in [5, 5.41) is 8.23. The van der Waals surface area contributed by atoms with E-state index in [4.69, 9.17) is 10.00 Å². The first-order valence-electron chi connectivity index (χ1n) is 3.94. The van der Waals surface area contributed by atoms with Gasteiger partial charge in [0.2, 0.25) is 5.95 Å². The van der Waals surface area contributed by atoms with Crippen molar-refractivity contribution < 1.29 is 9.13 Å². The SMILES string of the molecule is N#CCCCOc1ccc(F)nc1. The van der Waals surface area contributed by atoms with Crippen LogP contribution in [0.2, 0.25) is 0 Å². The van der Waals surface area contributed by atoms with Crippen molar-refractivity contribution in [3.63, 3.8) is 0 Å². The van der Waals surface area contributed by atoms with Crippen molar-refractivity contribution in [2.45, 2.75) is 12.8 Å². The summed E-state index contributed by atoms with van der Waals surface area (Å²) in [7, 11) is 0. The molecule has 0 aliphatic carbocycles. The van der Waals surface area contributed by atoms with Crippen LogP contribution in [-0.2, 0) is 0 Å². The first-order valence-corrected chi connectivity index (χ1v) is 3.94. The van der Waals surface area contributed by atoms with Crippen molar-refractivity contribution in [3.8, 4) is 11.8 Å². The number of pyridine rings is 1. The quantitative estimate of drug-likeness (QED) is 0.525. The second kappa shape index (κ2) is 5.09. The van der Waals surface area contributed by atoms with Crippen molar-refractivity contribution >= 4 is 0 Å². The second-order valence-electron chi connectivity index (χ2n) is 2.43. The lowest BCUT2D eigenvalue weighted by molar-refractivity contribution is 0.310. The monoisotopic (exact) mass is 180 g/mol. The summed E-state index contributed by atoms with van der Waals surface area (Å²) in [4.78, 5) is 3.42. The summed E-state index contributed by atoms with van der Waals surface area (Å²) < 4.78 is 17.5. The van der Waals surface area contributed by atoms with Gasteiger partial charge in [0.15, 0.2) is 0 Å². The van der Waals surface area contributed by atoms with Gasteiger partial charge in [-0.3, -0.25) is 0 Å². The maximum atomic E-state index is 12.3. The minimum Gasteiger partial charge on any atom is -0.492 e. The van der Waals surface area contributed by atoms with E-state index in [1.807, 2.05) is 6.07 Å². The summed E-state index contributed by atoms with van der Waals surface area (Å²) in [6, 6.07) is 4.75. The number of hydrogen-bond acceptors (Lipinski definition) is 3. The smallest absolute Gasteiger partial charge is 0.213 e. The molecular weight excluding hydrogens is 171 g/mol. The molecule has 0 unspecified atom stereocenters. The van der Waals surface area contributed by atoms with E-state index in [-0.39, 0.29) is 0 Å². The maximum Gasteiger partial charge on any atom is 0.213 e. The zero-order valence-corrected chi connectivity index (χ0v) is 7.03. The standard InChI is InChI=1S/C9H9FN2O/c10-9-4-3-8(7-12-9)13-6-2-1-5-11/h3-4,7H,1-2,6H2. The highest BCUT2D eigenvalue weighted by atomic mass is 19.1. The van der Waals surface area contributed by atoms with Crippen molar-refractivity contribution in [2.24, 2.45) is 0 Å². The number of unbranched alkanes of at least 4 members (excludes halogenated alkanes) is 1. The molecule has 1 aromatic heterocycles. The van der Waals surface area contributed by atoms with Gasteiger partial charge < -0.3 is 4.74 Å². The van der Waals surface area contributed by atoms with E-state index < -0.39 is 5.95 Å². The van der Waals surface area contributed by atoms with Crippen LogP contribution in [0, 0.1) is 17.3 Å². The van der Waals surface area contributed by atoms with Crippen LogP contribution in [0.15, 0.2) is 18.3 Å². The van der Waals surface area contributed by atoms with Gasteiger partial charge >= 0.3 is 0 Å². The van der Waals surface area contributed by atoms with E-state index >= 15 is 0 Å². The highest BCUT2D eigenvalue weighted by Gasteiger charge is 1.94. The molecule has 1 heterocycles. The first kappa shape index (κ1) is 9.46. The predicted molar refractivity (Wildman–Crippen MR) is 44.5 cm³/mol. The Labute approximate surface area is 75.8 Å². The molecule has 0 bridgehead atoms. The fourth-order valence-electron chi connectivity index (χ4n) is 0.789. The molecule has 0 aliphatic heterocycles. The average Bonchev–Trinajstić information content (AvgIpc) is 2.15. The number of halogens is 1. The van der Waals surface area contributed by atoms with Gasteiger partial charge in [0.05, 0.1) is 18.9 Å². The molecule has 3 nitrogen and oxygen atoms in total. The van der Waals surface area contributed by atoms with Crippen molar-refractivity contribution in [2.75, 3.05) is 6.61 Å². The Morgan fingerprint density at radius 2 is 2.38 bits per heavy atom. The number of ether oxygens (including phenoxy) is 1. The molecule has 0 aliphatic rings. The third-order valence-corrected chi connectivity index (χ3v) is 1.40. The first-order chi connectivity index (χ1) is 6.33. The Morgan fingerprint density at radius 1 is 1.54 bits per heavy atom. The lowest BCUT2D eigenvalue weighted by Crippen LogP contribution is -1.97. The van der Waals surface area contributed by atoms with E-state index in [1.54, 1.807) is 0 Å². The predicted octanol–water partition coefficient (Wildman–Crippen LogP) is 1.90. The van der Waals surface area contributed by atoms with Gasteiger partial charge in [-0.25, -0.2) is 4.98 Å². The molecular formula is C9H9FN2O. The molecule has 0 atom stereocenters. The van der Waals surface area contributed by atoms with Gasteiger partial charge in [-0.05, 0) is 18.6 Å². The summed E-state index contributed by atoms with van der Waals surface area (Å²) >= 11 is 0. The fourth-order valence-corrected chi connectivity index (χ4v) is 0.789. The van der Waals surface area contributed by atoms with E-state index in [2.05, 4.69) is 4.98 Å². The molecule has 4 heteroatoms. The molecule has 0 aromatic carbocycles. The molecule has 1 aromatic rings. The Kier molecular flexibility index (Phi) is 3.71. The number of rotatable bonds is 4. The molecule has 0 N–H and O–H groups in total. The van der Waals surface area contributed by atoms with Gasteiger partial charge in [-0.2, -0.15) is 9.65 Å². The van der Waals surface area contributed by atoms with Crippen LogP contribution in [-0.4, -0.2) is 11.6 Å². The summed E-state index contributed by atoms with van der Waals surface area (Å²) in [6.07, 6.45) is 2.46. The number of nitriles is 1. The van der Waals surface area contributed by atoms with E-state index in [0.29, 0.717) is 25.2 Å². The highest BCUT2D eigenvalue weighted by Crippen LogP contribution is 2.08. The maximum absolute atomic E-state index is 12.3. The topological polar surface area (TPSA) is 45.9 Å². The molecule has 0 radical (unpaired) electrons. The molecule has 0 fully saturated rings. The lowest BCUT2D eigenvalue weighted by Gasteiger charge is -2.02. The average molecular weight is 180 g/mol. The van der Waals surface area contributed by atoms with Crippen LogP contribution in [0.25, 0.3) is 0 Å². The van der Waals surface area contributed by atoms with Crippen LogP contribution < -0.4 is 4.74 Å². The van der Waals surface area contributed by atoms with Crippen molar-refractivity contribution in [1.29, 1.82) is 5.26 Å². The van der Waals surface area contributed by atoms with Crippen LogP contribution in [0.4, 0.5) is 4.39 Å². The molecule has 0 amide bonds. The van der Waals surface area contributed by atoms with Crippen molar-refractivity contribution in [1.82, 2.24) is 4.98 Å². The normalized spacial score (nSPS) is 9.23. The van der Waals surface area contributed by atoms with E-state index in [0.717, 1.165) is 0 Å². The Morgan fingerprint density at radius 3 is 3.00 bits per heavy atom. The van der Waals surface area contributed by atoms with Crippen molar-refractivity contribution in [3.05, 3.63) is 24.3 Å². The molecule has 13 heavy (non-hydrogen) atoms. The molecule has 0 spiro atoms.